The molecule has 1 aromatic carbocycles. The van der Waals surface area contributed by atoms with Crippen LogP contribution in [-0.2, 0) is 9.53 Å². The number of carbonyl (C=O) groups is 2. The predicted octanol–water partition coefficient (Wildman–Crippen LogP) is 2.67. The SMILES string of the molecule is CCCOC(=O)C(NC(=O)c1cc(F)ccc1F)C(C)C. The summed E-state index contributed by atoms with van der Waals surface area (Å²) in [6.07, 6.45) is 0.656. The van der Waals surface area contributed by atoms with E-state index in [0.717, 1.165) is 18.2 Å². The molecule has 0 radical (unpaired) electrons. The second kappa shape index (κ2) is 7.71. The average Bonchev–Trinajstić information content (AvgIpc) is 2.44. The Balaban J connectivity index is 2.86. The minimum atomic E-state index is -0.910. The van der Waals surface area contributed by atoms with E-state index < -0.39 is 35.1 Å². The van der Waals surface area contributed by atoms with Crippen LogP contribution in [0, 0.1) is 17.6 Å². The van der Waals surface area contributed by atoms with Crippen LogP contribution in [0.4, 0.5) is 8.78 Å². The molecule has 1 atom stereocenters. The number of benzene rings is 1. The van der Waals surface area contributed by atoms with E-state index in [1.54, 1.807) is 13.8 Å². The third-order valence-electron chi connectivity index (χ3n) is 2.83. The van der Waals surface area contributed by atoms with Crippen LogP contribution in [0.15, 0.2) is 18.2 Å². The van der Waals surface area contributed by atoms with Gasteiger partial charge in [-0.3, -0.25) is 4.79 Å². The van der Waals surface area contributed by atoms with Crippen LogP contribution in [0.25, 0.3) is 0 Å². The third-order valence-corrected chi connectivity index (χ3v) is 2.83. The van der Waals surface area contributed by atoms with Crippen molar-refractivity contribution in [3.8, 4) is 0 Å². The zero-order valence-corrected chi connectivity index (χ0v) is 12.3. The van der Waals surface area contributed by atoms with Gasteiger partial charge < -0.3 is 10.1 Å². The van der Waals surface area contributed by atoms with E-state index in [0.29, 0.717) is 6.42 Å². The van der Waals surface area contributed by atoms with Gasteiger partial charge in [0, 0.05) is 0 Å². The Morgan fingerprint density at radius 1 is 1.29 bits per heavy atom. The molecule has 0 saturated heterocycles. The zero-order chi connectivity index (χ0) is 16.0. The lowest BCUT2D eigenvalue weighted by Gasteiger charge is -2.20. The fraction of sp³-hybridized carbons (Fsp3) is 0.467. The zero-order valence-electron chi connectivity index (χ0n) is 12.3. The normalized spacial score (nSPS) is 12.1. The maximum atomic E-state index is 13.5. The van der Waals surface area contributed by atoms with Gasteiger partial charge in [-0.2, -0.15) is 0 Å². The van der Waals surface area contributed by atoms with Gasteiger partial charge in [0.05, 0.1) is 12.2 Å². The molecule has 1 amide bonds. The topological polar surface area (TPSA) is 55.4 Å². The monoisotopic (exact) mass is 299 g/mol. The first-order chi connectivity index (χ1) is 9.86. The van der Waals surface area contributed by atoms with Gasteiger partial charge in [-0.05, 0) is 30.5 Å². The smallest absolute Gasteiger partial charge is 0.328 e. The van der Waals surface area contributed by atoms with Crippen molar-refractivity contribution in [3.05, 3.63) is 35.4 Å². The number of halogens is 2. The molecule has 1 N–H and O–H groups in total. The molecule has 1 unspecified atom stereocenters. The first-order valence-electron chi connectivity index (χ1n) is 6.79. The van der Waals surface area contributed by atoms with Gasteiger partial charge in [0.2, 0.25) is 0 Å². The van der Waals surface area contributed by atoms with Crippen molar-refractivity contribution in [3.63, 3.8) is 0 Å². The van der Waals surface area contributed by atoms with Crippen LogP contribution in [0.1, 0.15) is 37.6 Å². The average molecular weight is 299 g/mol. The molecule has 4 nitrogen and oxygen atoms in total. The fourth-order valence-electron chi connectivity index (χ4n) is 1.68. The molecule has 116 valence electrons. The van der Waals surface area contributed by atoms with Gasteiger partial charge >= 0.3 is 5.97 Å². The summed E-state index contributed by atoms with van der Waals surface area (Å²) in [4.78, 5) is 23.8. The van der Waals surface area contributed by atoms with Crippen LogP contribution in [0.5, 0.6) is 0 Å². The van der Waals surface area contributed by atoms with Gasteiger partial charge in [-0.25, -0.2) is 13.6 Å². The second-order valence-electron chi connectivity index (χ2n) is 4.99. The first kappa shape index (κ1) is 17.1. The maximum absolute atomic E-state index is 13.5. The van der Waals surface area contributed by atoms with Crippen LogP contribution in [0.3, 0.4) is 0 Å². The van der Waals surface area contributed by atoms with Gasteiger partial charge in [-0.1, -0.05) is 20.8 Å². The summed E-state index contributed by atoms with van der Waals surface area (Å²) >= 11 is 0. The molecule has 0 spiro atoms. The molecule has 0 aromatic heterocycles. The molecule has 0 bridgehead atoms. The Morgan fingerprint density at radius 2 is 1.95 bits per heavy atom. The molecular weight excluding hydrogens is 280 g/mol. The third kappa shape index (κ3) is 4.81. The van der Waals surface area contributed by atoms with Crippen LogP contribution >= 0.6 is 0 Å². The van der Waals surface area contributed by atoms with Crippen molar-refractivity contribution in [2.45, 2.75) is 33.2 Å². The Bertz CT molecular complexity index is 518. The Morgan fingerprint density at radius 3 is 2.52 bits per heavy atom. The largest absolute Gasteiger partial charge is 0.464 e. The van der Waals surface area contributed by atoms with Crippen molar-refractivity contribution in [2.75, 3.05) is 6.61 Å². The van der Waals surface area contributed by atoms with E-state index in [2.05, 4.69) is 5.32 Å². The molecule has 1 rings (SSSR count). The molecule has 0 aliphatic heterocycles. The number of carbonyl (C=O) groups excluding carboxylic acids is 2. The van der Waals surface area contributed by atoms with E-state index >= 15 is 0 Å². The number of ether oxygens (including phenoxy) is 1. The van der Waals surface area contributed by atoms with E-state index in [-0.39, 0.29) is 12.5 Å². The summed E-state index contributed by atoms with van der Waals surface area (Å²) in [6, 6.07) is 1.66. The molecule has 1 aromatic rings. The lowest BCUT2D eigenvalue weighted by molar-refractivity contribution is -0.147. The highest BCUT2D eigenvalue weighted by Gasteiger charge is 2.27. The van der Waals surface area contributed by atoms with Crippen LogP contribution in [0.2, 0.25) is 0 Å². The van der Waals surface area contributed by atoms with Crippen LogP contribution < -0.4 is 5.32 Å². The quantitative estimate of drug-likeness (QED) is 0.822. The number of nitrogens with one attached hydrogen (secondary N) is 1. The standard InChI is InChI=1S/C15H19F2NO3/c1-4-7-21-15(20)13(9(2)3)18-14(19)11-8-10(16)5-6-12(11)17/h5-6,8-9,13H,4,7H2,1-3H3,(H,18,19). The molecule has 0 heterocycles. The van der Waals surface area contributed by atoms with Gasteiger partial charge in [0.1, 0.15) is 17.7 Å². The second-order valence-corrected chi connectivity index (χ2v) is 4.99. The predicted molar refractivity (Wildman–Crippen MR) is 73.7 cm³/mol. The number of hydrogen-bond donors (Lipinski definition) is 1. The van der Waals surface area contributed by atoms with Gasteiger partial charge in [0.25, 0.3) is 5.91 Å². The molecule has 0 aliphatic rings. The van der Waals surface area contributed by atoms with E-state index in [1.165, 1.54) is 0 Å². The minimum Gasteiger partial charge on any atom is -0.464 e. The first-order valence-corrected chi connectivity index (χ1v) is 6.79. The van der Waals surface area contributed by atoms with Crippen molar-refractivity contribution in [2.24, 2.45) is 5.92 Å². The lowest BCUT2D eigenvalue weighted by atomic mass is 10.0. The lowest BCUT2D eigenvalue weighted by Crippen LogP contribution is -2.45. The van der Waals surface area contributed by atoms with E-state index in [1.807, 2.05) is 6.92 Å². The molecule has 0 saturated carbocycles. The Hall–Kier alpha value is -1.98. The summed E-state index contributed by atoms with van der Waals surface area (Å²) in [6.45, 7) is 5.53. The molecule has 6 heteroatoms. The highest BCUT2D eigenvalue weighted by atomic mass is 19.1. The summed E-state index contributed by atoms with van der Waals surface area (Å²) in [7, 11) is 0. The van der Waals surface area contributed by atoms with Crippen molar-refractivity contribution < 1.29 is 23.1 Å². The van der Waals surface area contributed by atoms with E-state index in [9.17, 15) is 18.4 Å². The van der Waals surface area contributed by atoms with Crippen molar-refractivity contribution in [1.82, 2.24) is 5.32 Å². The summed E-state index contributed by atoms with van der Waals surface area (Å²) in [5, 5.41) is 2.39. The molecular formula is C15H19F2NO3. The summed E-state index contributed by atoms with van der Waals surface area (Å²) in [5.41, 5.74) is -0.441. The number of amides is 1. The van der Waals surface area contributed by atoms with Crippen LogP contribution in [-0.4, -0.2) is 24.5 Å². The van der Waals surface area contributed by atoms with Gasteiger partial charge in [-0.15, -0.1) is 0 Å². The molecule has 0 aliphatic carbocycles. The Kier molecular flexibility index (Phi) is 6.27. The number of hydrogen-bond acceptors (Lipinski definition) is 3. The highest BCUT2D eigenvalue weighted by molar-refractivity contribution is 5.97. The Labute approximate surface area is 122 Å². The van der Waals surface area contributed by atoms with Crippen molar-refractivity contribution in [1.29, 1.82) is 0 Å². The maximum Gasteiger partial charge on any atom is 0.328 e. The molecule has 21 heavy (non-hydrogen) atoms. The summed E-state index contributed by atoms with van der Waals surface area (Å²) < 4.78 is 31.6. The fourth-order valence-corrected chi connectivity index (χ4v) is 1.68. The minimum absolute atomic E-state index is 0.241. The molecule has 0 fully saturated rings. The van der Waals surface area contributed by atoms with Crippen molar-refractivity contribution >= 4 is 11.9 Å². The highest BCUT2D eigenvalue weighted by Crippen LogP contribution is 2.12. The van der Waals surface area contributed by atoms with E-state index in [4.69, 9.17) is 4.74 Å². The number of rotatable bonds is 6. The number of esters is 1. The summed E-state index contributed by atoms with van der Waals surface area (Å²) in [5.74, 6) is -3.25. The van der Waals surface area contributed by atoms with Gasteiger partial charge in [0.15, 0.2) is 0 Å².